The second kappa shape index (κ2) is 9.37. The zero-order chi connectivity index (χ0) is 26.3. The topological polar surface area (TPSA) is 98.8 Å². The highest BCUT2D eigenvalue weighted by Crippen LogP contribution is 2.31. The van der Waals surface area contributed by atoms with Gasteiger partial charge >= 0.3 is 11.9 Å². The van der Waals surface area contributed by atoms with Crippen LogP contribution in [0.3, 0.4) is 0 Å². The molecule has 0 saturated carbocycles. The lowest BCUT2D eigenvalue weighted by Gasteiger charge is -2.35. The maximum Gasteiger partial charge on any atom is 0.435 e. The molecule has 0 aliphatic carbocycles. The normalized spacial score (nSPS) is 14.9. The van der Waals surface area contributed by atoms with Crippen LogP contribution in [0, 0.1) is 12.7 Å². The van der Waals surface area contributed by atoms with Crippen LogP contribution in [-0.2, 0) is 12.7 Å². The monoisotopic (exact) mass is 515 g/mol. The summed E-state index contributed by atoms with van der Waals surface area (Å²) in [6.07, 6.45) is 0.426. The number of aryl methyl sites for hydroxylation is 1. The van der Waals surface area contributed by atoms with Gasteiger partial charge in [-0.1, -0.05) is 12.1 Å². The molecule has 0 amide bonds. The molecule has 1 fully saturated rings. The van der Waals surface area contributed by atoms with Gasteiger partial charge in [-0.3, -0.25) is 18.9 Å². The standard InChI is InChI=1S/C24H21F4N7O2/c1-14-3-2-4-16(25)19(14)33-11-5-15(6-12-33)35-22(36)18-21(32-10-8-30-18)34(23(35)37)13-17-20(24(26,27)28)31-9-7-29-17/h2-4,7-10,15H,5-6,11-13H2,1H3. The summed E-state index contributed by atoms with van der Waals surface area (Å²) < 4.78 is 57.1. The number of alkyl halides is 3. The molecule has 0 spiro atoms. The number of fused-ring (bicyclic) bond motifs is 1. The Labute approximate surface area is 207 Å². The molecule has 13 heteroatoms. The van der Waals surface area contributed by atoms with E-state index in [9.17, 15) is 27.2 Å². The van der Waals surface area contributed by atoms with E-state index in [4.69, 9.17) is 0 Å². The van der Waals surface area contributed by atoms with E-state index in [1.165, 1.54) is 18.5 Å². The minimum absolute atomic E-state index is 0.146. The Bertz CT molecular complexity index is 1570. The van der Waals surface area contributed by atoms with Crippen LogP contribution in [-0.4, -0.2) is 42.2 Å². The quantitative estimate of drug-likeness (QED) is 0.385. The minimum Gasteiger partial charge on any atom is -0.369 e. The first-order chi connectivity index (χ1) is 17.7. The van der Waals surface area contributed by atoms with Crippen molar-refractivity contribution in [3.05, 3.63) is 86.6 Å². The lowest BCUT2D eigenvalue weighted by molar-refractivity contribution is -0.142. The third-order valence-electron chi connectivity index (χ3n) is 6.48. The first-order valence-corrected chi connectivity index (χ1v) is 11.5. The van der Waals surface area contributed by atoms with Crippen molar-refractivity contribution in [2.24, 2.45) is 0 Å². The number of para-hydroxylation sites is 1. The first-order valence-electron chi connectivity index (χ1n) is 11.5. The molecule has 0 bridgehead atoms. The number of nitrogens with zero attached hydrogens (tertiary/aromatic N) is 7. The van der Waals surface area contributed by atoms with Gasteiger partial charge in [-0.05, 0) is 31.4 Å². The molecule has 1 aliphatic rings. The van der Waals surface area contributed by atoms with E-state index in [0.717, 1.165) is 27.1 Å². The molecule has 9 nitrogen and oxygen atoms in total. The average Bonchev–Trinajstić information content (AvgIpc) is 2.87. The van der Waals surface area contributed by atoms with Gasteiger partial charge in [0.15, 0.2) is 16.9 Å². The Balaban J connectivity index is 1.56. The van der Waals surface area contributed by atoms with Gasteiger partial charge in [0.2, 0.25) is 0 Å². The van der Waals surface area contributed by atoms with Gasteiger partial charge in [0.25, 0.3) is 5.56 Å². The Morgan fingerprint density at radius 3 is 2.35 bits per heavy atom. The van der Waals surface area contributed by atoms with Crippen molar-refractivity contribution in [1.82, 2.24) is 29.1 Å². The summed E-state index contributed by atoms with van der Waals surface area (Å²) in [6.45, 7) is 1.94. The maximum absolute atomic E-state index is 14.5. The van der Waals surface area contributed by atoms with Crippen LogP contribution in [0.4, 0.5) is 23.2 Å². The van der Waals surface area contributed by atoms with Crippen molar-refractivity contribution in [3.8, 4) is 0 Å². The summed E-state index contributed by atoms with van der Waals surface area (Å²) in [7, 11) is 0. The SMILES string of the molecule is Cc1cccc(F)c1N1CCC(n2c(=O)c3nccnc3n(Cc3nccnc3C(F)(F)F)c2=O)CC1. The summed E-state index contributed by atoms with van der Waals surface area (Å²) in [4.78, 5) is 44.1. The van der Waals surface area contributed by atoms with Gasteiger partial charge in [0, 0.05) is 43.9 Å². The highest BCUT2D eigenvalue weighted by atomic mass is 19.4. The summed E-state index contributed by atoms with van der Waals surface area (Å²) in [6, 6.07) is 4.24. The summed E-state index contributed by atoms with van der Waals surface area (Å²) in [5, 5.41) is 0. The minimum atomic E-state index is -4.79. The van der Waals surface area contributed by atoms with Crippen molar-refractivity contribution >= 4 is 16.9 Å². The molecule has 0 atom stereocenters. The number of aromatic nitrogens is 6. The van der Waals surface area contributed by atoms with Crippen LogP contribution in [0.1, 0.15) is 35.8 Å². The van der Waals surface area contributed by atoms with Crippen molar-refractivity contribution in [3.63, 3.8) is 0 Å². The van der Waals surface area contributed by atoms with Crippen molar-refractivity contribution in [2.75, 3.05) is 18.0 Å². The number of benzene rings is 1. The van der Waals surface area contributed by atoms with Crippen LogP contribution in [0.2, 0.25) is 0 Å². The van der Waals surface area contributed by atoms with E-state index in [2.05, 4.69) is 19.9 Å². The molecule has 192 valence electrons. The van der Waals surface area contributed by atoms with Crippen LogP contribution >= 0.6 is 0 Å². The van der Waals surface area contributed by atoms with Gasteiger partial charge in [0.1, 0.15) is 5.82 Å². The first kappa shape index (κ1) is 24.5. The van der Waals surface area contributed by atoms with Crippen molar-refractivity contribution in [2.45, 2.75) is 38.5 Å². The zero-order valence-corrected chi connectivity index (χ0v) is 19.6. The molecule has 5 rings (SSSR count). The molecule has 4 aromatic rings. The molecule has 1 aliphatic heterocycles. The van der Waals surface area contributed by atoms with Crippen LogP contribution in [0.15, 0.2) is 52.6 Å². The van der Waals surface area contributed by atoms with Gasteiger partial charge in [-0.15, -0.1) is 0 Å². The van der Waals surface area contributed by atoms with E-state index in [-0.39, 0.29) is 17.0 Å². The zero-order valence-electron chi connectivity index (χ0n) is 19.6. The van der Waals surface area contributed by atoms with E-state index >= 15 is 0 Å². The third-order valence-corrected chi connectivity index (χ3v) is 6.48. The Hall–Kier alpha value is -4.16. The molecule has 0 unspecified atom stereocenters. The molecule has 4 heterocycles. The summed E-state index contributed by atoms with van der Waals surface area (Å²) >= 11 is 0. The van der Waals surface area contributed by atoms with E-state index in [1.807, 2.05) is 4.90 Å². The number of hydrogen-bond acceptors (Lipinski definition) is 7. The Kier molecular flexibility index (Phi) is 6.21. The second-order valence-electron chi connectivity index (χ2n) is 8.75. The predicted octanol–water partition coefficient (Wildman–Crippen LogP) is 3.10. The van der Waals surface area contributed by atoms with Crippen LogP contribution in [0.25, 0.3) is 11.2 Å². The molecule has 1 saturated heterocycles. The fourth-order valence-electron chi connectivity index (χ4n) is 4.81. The van der Waals surface area contributed by atoms with E-state index in [0.29, 0.717) is 31.6 Å². The molecule has 3 aromatic heterocycles. The van der Waals surface area contributed by atoms with Crippen molar-refractivity contribution in [1.29, 1.82) is 0 Å². The maximum atomic E-state index is 14.5. The summed E-state index contributed by atoms with van der Waals surface area (Å²) in [5.41, 5.74) is -2.28. The number of piperidine rings is 1. The molecule has 1 aromatic carbocycles. The lowest BCUT2D eigenvalue weighted by Crippen LogP contribution is -2.46. The average molecular weight is 515 g/mol. The van der Waals surface area contributed by atoms with E-state index in [1.54, 1.807) is 19.1 Å². The molecule has 0 radical (unpaired) electrons. The van der Waals surface area contributed by atoms with Gasteiger partial charge in [0.05, 0.1) is 17.9 Å². The highest BCUT2D eigenvalue weighted by Gasteiger charge is 2.36. The fraction of sp³-hybridized carbons (Fsp3) is 0.333. The van der Waals surface area contributed by atoms with Gasteiger partial charge in [-0.2, -0.15) is 13.2 Å². The third kappa shape index (κ3) is 4.45. The lowest BCUT2D eigenvalue weighted by atomic mass is 10.0. The largest absolute Gasteiger partial charge is 0.435 e. The molecule has 0 N–H and O–H groups in total. The smallest absolute Gasteiger partial charge is 0.369 e. The molecular weight excluding hydrogens is 494 g/mol. The number of anilines is 1. The highest BCUT2D eigenvalue weighted by molar-refractivity contribution is 5.68. The van der Waals surface area contributed by atoms with Crippen LogP contribution < -0.4 is 16.1 Å². The number of rotatable bonds is 4. The number of hydrogen-bond donors (Lipinski definition) is 0. The summed E-state index contributed by atoms with van der Waals surface area (Å²) in [5.74, 6) is -0.358. The van der Waals surface area contributed by atoms with Gasteiger partial charge < -0.3 is 4.90 Å². The second-order valence-corrected chi connectivity index (χ2v) is 8.75. The van der Waals surface area contributed by atoms with Gasteiger partial charge in [-0.25, -0.2) is 24.1 Å². The Morgan fingerprint density at radius 2 is 1.65 bits per heavy atom. The fourth-order valence-corrected chi connectivity index (χ4v) is 4.81. The number of halogens is 4. The Morgan fingerprint density at radius 1 is 0.973 bits per heavy atom. The molecule has 37 heavy (non-hydrogen) atoms. The predicted molar refractivity (Wildman–Crippen MR) is 126 cm³/mol. The molecular formula is C24H21F4N7O2. The van der Waals surface area contributed by atoms with E-state index < -0.39 is 41.4 Å². The van der Waals surface area contributed by atoms with Crippen molar-refractivity contribution < 1.29 is 17.6 Å². The van der Waals surface area contributed by atoms with Crippen LogP contribution in [0.5, 0.6) is 0 Å².